The van der Waals surface area contributed by atoms with Gasteiger partial charge in [-0.05, 0) is 83.9 Å². The first-order chi connectivity index (χ1) is 32.5. The summed E-state index contributed by atoms with van der Waals surface area (Å²) in [6, 6.07) is 23.3. The summed E-state index contributed by atoms with van der Waals surface area (Å²) in [4.78, 5) is 67.4. The summed E-state index contributed by atoms with van der Waals surface area (Å²) in [6.07, 6.45) is -0.0154. The molecule has 8 rings (SSSR count). The predicted octanol–water partition coefficient (Wildman–Crippen LogP) is 6.66. The number of benzene rings is 5. The molecule has 0 saturated heterocycles. The number of aromatic hydroxyl groups is 4. The number of nitrogen functional groups attached to an aromatic ring is 1. The van der Waals surface area contributed by atoms with Crippen LogP contribution in [0.3, 0.4) is 0 Å². The van der Waals surface area contributed by atoms with Gasteiger partial charge in [0.05, 0.1) is 0 Å². The minimum atomic E-state index is -0.529. The van der Waals surface area contributed by atoms with E-state index in [4.69, 9.17) is 57.4 Å². The summed E-state index contributed by atoms with van der Waals surface area (Å²) >= 11 is 9.74. The molecule has 0 bridgehead atoms. The van der Waals surface area contributed by atoms with Crippen LogP contribution in [-0.2, 0) is 28.8 Å². The Morgan fingerprint density at radius 1 is 0.397 bits per heavy atom. The summed E-state index contributed by atoms with van der Waals surface area (Å²) in [5.74, 6) is 1.24. The summed E-state index contributed by atoms with van der Waals surface area (Å²) < 4.78 is 31.1. The van der Waals surface area contributed by atoms with E-state index in [1.165, 1.54) is 36.4 Å². The first-order valence-electron chi connectivity index (χ1n) is 20.1. The fourth-order valence-corrected chi connectivity index (χ4v) is 5.80. The molecule has 0 aliphatic carbocycles. The number of anilines is 5. The molecule has 3 heterocycles. The molecule has 0 spiro atoms. The van der Waals surface area contributed by atoms with Gasteiger partial charge in [0.2, 0.25) is 54.5 Å². The number of halogens is 2. The van der Waals surface area contributed by atoms with E-state index in [2.05, 4.69) is 21.3 Å². The molecule has 3 aliphatic rings. The van der Waals surface area contributed by atoms with Gasteiger partial charge in [0.1, 0.15) is 0 Å². The molecular weight excluding hydrogens is 937 g/mol. The first kappa shape index (κ1) is 50.7. The average molecular weight is 981 g/mol. The van der Waals surface area contributed by atoms with Crippen molar-refractivity contribution in [3.05, 3.63) is 91.0 Å². The van der Waals surface area contributed by atoms with Gasteiger partial charge in [0.25, 0.3) is 0 Å². The van der Waals surface area contributed by atoms with E-state index in [0.717, 1.165) is 11.5 Å². The van der Waals surface area contributed by atoms with Crippen LogP contribution in [-0.4, -0.2) is 74.9 Å². The molecule has 23 heteroatoms. The van der Waals surface area contributed by atoms with Gasteiger partial charge in [-0.2, -0.15) is 0 Å². The second kappa shape index (κ2) is 24.8. The maximum atomic E-state index is 12.0. The molecule has 68 heavy (non-hydrogen) atoms. The van der Waals surface area contributed by atoms with Crippen molar-refractivity contribution in [2.45, 2.75) is 38.5 Å². The van der Waals surface area contributed by atoms with Gasteiger partial charge in [-0.15, -0.1) is 0 Å². The highest BCUT2D eigenvalue weighted by atomic mass is 35.5. The molecule has 4 amide bonds. The number of nitrogens with one attached hydrogen (secondary N) is 4. The molecule has 0 radical (unpaired) electrons. The zero-order chi connectivity index (χ0) is 49.2. The number of hydrogen-bond donors (Lipinski definition) is 9. The lowest BCUT2D eigenvalue weighted by atomic mass is 10.2. The molecule has 0 aromatic heterocycles. The van der Waals surface area contributed by atoms with E-state index >= 15 is 0 Å². The van der Waals surface area contributed by atoms with Crippen LogP contribution in [0.15, 0.2) is 91.0 Å². The SMILES string of the molecule is Nc1ccc2c(c1)OCO2.O=C(CCC(=O)Nc1ccc(O)c(O)c1)Nc1ccc(O)c(O)c1.O=C(CCC(=O)Nc1ccc2c(c1)OCO2)Nc1ccc2c(c1)OCO2.O=C(Cl)CCC(=O)Cl. The third-order valence-corrected chi connectivity index (χ3v) is 9.28. The van der Waals surface area contributed by atoms with Crippen LogP contribution in [0.25, 0.3) is 0 Å². The molecule has 0 saturated carbocycles. The normalized spacial score (nSPS) is 11.7. The number of ether oxygens (including phenoxy) is 6. The second-order valence-electron chi connectivity index (χ2n) is 14.1. The Bertz CT molecular complexity index is 2500. The lowest BCUT2D eigenvalue weighted by Gasteiger charge is -2.08. The standard InChI is InChI=1S/C18H16N2O6.C16H16N2O6.C7H7NO2.C4H4Cl2O2/c21-17(19-11-1-3-13-15(7-11)25-9-23-13)5-6-18(22)20-12-2-4-14-16(8-12)26-10-24-14;19-11-3-1-9(7-13(11)21)17-15(23)5-6-16(24)18-10-2-4-12(20)14(22)8-10;8-5-1-2-6-7(3-5)10-4-9-6;5-3(7)1-2-4(6)8/h1-4,7-8H,5-6,9-10H2,(H,19,21)(H,20,22);1-4,7-8,19-22H,5-6H2,(H,17,23)(H,18,24);1-3H,4,8H2;1-2H2. The van der Waals surface area contributed by atoms with E-state index in [-0.39, 0.29) is 86.9 Å². The Balaban J connectivity index is 0.000000188. The van der Waals surface area contributed by atoms with E-state index in [9.17, 15) is 49.2 Å². The molecule has 3 aliphatic heterocycles. The van der Waals surface area contributed by atoms with Crippen LogP contribution in [0.4, 0.5) is 28.4 Å². The largest absolute Gasteiger partial charge is 0.504 e. The number of phenolic OH excluding ortho intramolecular Hbond substituents is 4. The number of carbonyl (C=O) groups excluding carboxylic acids is 6. The molecule has 5 aromatic carbocycles. The maximum absolute atomic E-state index is 12.0. The van der Waals surface area contributed by atoms with Crippen molar-refractivity contribution >= 4 is 85.8 Å². The summed E-state index contributed by atoms with van der Waals surface area (Å²) in [5, 5.41) is 46.4. The second-order valence-corrected chi connectivity index (χ2v) is 14.9. The number of fused-ring (bicyclic) bond motifs is 3. The fourth-order valence-electron chi connectivity index (χ4n) is 5.61. The zero-order valence-corrected chi connectivity index (χ0v) is 37.1. The van der Waals surface area contributed by atoms with E-state index in [0.29, 0.717) is 58.2 Å². The average Bonchev–Trinajstić information content (AvgIpc) is 4.09. The minimum absolute atomic E-state index is 0.0316. The quantitative estimate of drug-likeness (QED) is 0.0258. The molecule has 0 atom stereocenters. The van der Waals surface area contributed by atoms with E-state index in [1.54, 1.807) is 54.6 Å². The fraction of sp³-hybridized carbons (Fsp3) is 0.200. The van der Waals surface area contributed by atoms with Gasteiger partial charge in [-0.3, -0.25) is 28.8 Å². The number of nitrogens with two attached hydrogens (primary N) is 1. The summed E-state index contributed by atoms with van der Waals surface area (Å²) in [5.41, 5.74) is 7.96. The van der Waals surface area contributed by atoms with Crippen LogP contribution in [0.5, 0.6) is 57.5 Å². The maximum Gasteiger partial charge on any atom is 0.231 e. The smallest absolute Gasteiger partial charge is 0.231 e. The number of rotatable bonds is 13. The lowest BCUT2D eigenvalue weighted by molar-refractivity contribution is -0.121. The minimum Gasteiger partial charge on any atom is -0.504 e. The van der Waals surface area contributed by atoms with Crippen LogP contribution < -0.4 is 55.4 Å². The van der Waals surface area contributed by atoms with E-state index < -0.39 is 22.3 Å². The van der Waals surface area contributed by atoms with Crippen molar-refractivity contribution in [3.63, 3.8) is 0 Å². The highest BCUT2D eigenvalue weighted by Crippen LogP contribution is 2.36. The first-order valence-corrected chi connectivity index (χ1v) is 20.8. The van der Waals surface area contributed by atoms with Crippen LogP contribution in [0.1, 0.15) is 38.5 Å². The molecule has 358 valence electrons. The van der Waals surface area contributed by atoms with Gasteiger partial charge in [0, 0.05) is 97.3 Å². The Labute approximate surface area is 396 Å². The number of carbonyl (C=O) groups is 6. The van der Waals surface area contributed by atoms with Gasteiger partial charge in [0.15, 0.2) is 57.5 Å². The molecular formula is C45H43Cl2N5O16. The van der Waals surface area contributed by atoms with Crippen molar-refractivity contribution in [1.82, 2.24) is 0 Å². The van der Waals surface area contributed by atoms with Crippen molar-refractivity contribution in [2.24, 2.45) is 0 Å². The topological polar surface area (TPSA) is 313 Å². The molecule has 5 aromatic rings. The van der Waals surface area contributed by atoms with Crippen molar-refractivity contribution in [2.75, 3.05) is 47.4 Å². The number of hydrogen-bond acceptors (Lipinski definition) is 17. The lowest BCUT2D eigenvalue weighted by Crippen LogP contribution is -2.17. The molecule has 0 unspecified atom stereocenters. The highest BCUT2D eigenvalue weighted by molar-refractivity contribution is 6.66. The third kappa shape index (κ3) is 16.6. The Hall–Kier alpha value is -8.30. The van der Waals surface area contributed by atoms with Gasteiger partial charge in [-0.25, -0.2) is 0 Å². The zero-order valence-electron chi connectivity index (χ0n) is 35.5. The van der Waals surface area contributed by atoms with Gasteiger partial charge >= 0.3 is 0 Å². The van der Waals surface area contributed by atoms with Crippen LogP contribution in [0, 0.1) is 0 Å². The Morgan fingerprint density at radius 2 is 0.691 bits per heavy atom. The van der Waals surface area contributed by atoms with Gasteiger partial charge in [-0.1, -0.05) is 0 Å². The Kier molecular flexibility index (Phi) is 18.5. The number of phenols is 4. The van der Waals surface area contributed by atoms with Crippen molar-refractivity contribution < 1.29 is 77.6 Å². The molecule has 10 N–H and O–H groups in total. The highest BCUT2D eigenvalue weighted by Gasteiger charge is 2.17. The molecule has 0 fully saturated rings. The van der Waals surface area contributed by atoms with Gasteiger partial charge < -0.3 is 75.8 Å². The van der Waals surface area contributed by atoms with E-state index in [1.807, 2.05) is 0 Å². The third-order valence-electron chi connectivity index (χ3n) is 8.90. The van der Waals surface area contributed by atoms with Crippen molar-refractivity contribution in [3.8, 4) is 57.5 Å². The summed E-state index contributed by atoms with van der Waals surface area (Å²) in [6.45, 7) is 0.651. The van der Waals surface area contributed by atoms with Crippen molar-refractivity contribution in [1.29, 1.82) is 0 Å². The number of amides is 4. The monoisotopic (exact) mass is 979 g/mol. The van der Waals surface area contributed by atoms with Crippen LogP contribution >= 0.6 is 23.2 Å². The summed E-state index contributed by atoms with van der Waals surface area (Å²) in [7, 11) is 0. The molecule has 21 nitrogen and oxygen atoms in total. The predicted molar refractivity (Wildman–Crippen MR) is 246 cm³/mol. The van der Waals surface area contributed by atoms with Crippen LogP contribution in [0.2, 0.25) is 0 Å². The Morgan fingerprint density at radius 3 is 1.03 bits per heavy atom.